The van der Waals surface area contributed by atoms with Gasteiger partial charge in [-0.2, -0.15) is 0 Å². The van der Waals surface area contributed by atoms with Crippen molar-refractivity contribution in [3.05, 3.63) is 97.3 Å². The molecule has 3 heterocycles. The lowest BCUT2D eigenvalue weighted by Gasteiger charge is -2.39. The van der Waals surface area contributed by atoms with Gasteiger partial charge >= 0.3 is 0 Å². The Balaban J connectivity index is 1.25. The number of likely N-dealkylation sites (N-methyl/N-ethyl adjacent to an activating group) is 1. The van der Waals surface area contributed by atoms with E-state index in [1.54, 1.807) is 7.11 Å². The van der Waals surface area contributed by atoms with Crippen LogP contribution in [0.25, 0.3) is 0 Å². The maximum absolute atomic E-state index is 12.5. The fourth-order valence-corrected chi connectivity index (χ4v) is 5.73. The molecular weight excluding hydrogens is 582 g/mol. The Hall–Kier alpha value is -5.13. The lowest BCUT2D eigenvalue weighted by Crippen LogP contribution is -2.50. The fraction of sp³-hybridized carbons (Fsp3) is 0.286. The van der Waals surface area contributed by atoms with Crippen molar-refractivity contribution in [3.8, 4) is 17.2 Å². The largest absolute Gasteiger partial charge is 0.494 e. The summed E-state index contributed by atoms with van der Waals surface area (Å²) in [4.78, 5) is 32.1. The monoisotopic (exact) mass is 621 g/mol. The van der Waals surface area contributed by atoms with Gasteiger partial charge < -0.3 is 29.9 Å². The van der Waals surface area contributed by atoms with E-state index >= 15 is 0 Å². The van der Waals surface area contributed by atoms with Crippen molar-refractivity contribution < 1.29 is 19.1 Å². The second kappa shape index (κ2) is 13.9. The third kappa shape index (κ3) is 6.90. The molecule has 4 aromatic rings. The van der Waals surface area contributed by atoms with Gasteiger partial charge in [0.25, 0.3) is 0 Å². The van der Waals surface area contributed by atoms with Gasteiger partial charge in [-0.15, -0.1) is 0 Å². The SMILES string of the molecule is C=CC(=O)Nc1cc(Nc2cc(N3OCC[C@@H]3c3cccc(Oc4ccccc4)c3)ncn2)c(OC)cc1N1CCN(C)[C@H](C)C1. The standard InChI is InChI=1S/C35H39N7O4/c1-5-35(43)39-28-19-29(32(44-4)20-31(28)41-16-15-40(3)24(2)22-41)38-33-21-34(37-23-36-33)42-30(14-17-45-42)25-10-9-13-27(18-25)46-26-11-7-6-8-12-26/h5-13,18-21,23-24,30H,1,14-17,22H2,2-4H3,(H,39,43)(H,36,37,38)/t24-,30-/m1/s1. The number of ether oxygens (including phenoxy) is 2. The fourth-order valence-electron chi connectivity index (χ4n) is 5.73. The number of carbonyl (C=O) groups excluding carboxylic acids is 1. The maximum Gasteiger partial charge on any atom is 0.247 e. The molecule has 1 amide bonds. The van der Waals surface area contributed by atoms with Gasteiger partial charge in [0.2, 0.25) is 5.91 Å². The first kappa shape index (κ1) is 30.9. The number of methoxy groups -OCH3 is 1. The molecular formula is C35H39N7O4. The van der Waals surface area contributed by atoms with Crippen molar-refractivity contribution in [2.45, 2.75) is 25.4 Å². The normalized spacial score (nSPS) is 18.2. The predicted octanol–water partition coefficient (Wildman–Crippen LogP) is 6.17. The van der Waals surface area contributed by atoms with Gasteiger partial charge in [0, 0.05) is 44.2 Å². The molecule has 46 heavy (non-hydrogen) atoms. The Labute approximate surface area is 269 Å². The van der Waals surface area contributed by atoms with Crippen LogP contribution >= 0.6 is 0 Å². The summed E-state index contributed by atoms with van der Waals surface area (Å²) < 4.78 is 11.9. The van der Waals surface area contributed by atoms with Gasteiger partial charge in [0.05, 0.1) is 36.8 Å². The number of benzene rings is 3. The number of nitrogens with one attached hydrogen (secondary N) is 2. The number of rotatable bonds is 10. The molecule has 2 N–H and O–H groups in total. The van der Waals surface area contributed by atoms with E-state index in [4.69, 9.17) is 14.3 Å². The Kier molecular flexibility index (Phi) is 9.32. The predicted molar refractivity (Wildman–Crippen MR) is 180 cm³/mol. The number of hydrogen-bond acceptors (Lipinski definition) is 10. The first-order valence-electron chi connectivity index (χ1n) is 15.4. The van der Waals surface area contributed by atoms with E-state index in [0.29, 0.717) is 41.4 Å². The molecule has 3 aromatic carbocycles. The Morgan fingerprint density at radius 1 is 1.02 bits per heavy atom. The topological polar surface area (TPSA) is 104 Å². The van der Waals surface area contributed by atoms with E-state index in [-0.39, 0.29) is 11.9 Å². The van der Waals surface area contributed by atoms with Gasteiger partial charge in [-0.3, -0.25) is 9.63 Å². The number of anilines is 5. The first-order valence-corrected chi connectivity index (χ1v) is 15.4. The molecule has 2 aliphatic rings. The van der Waals surface area contributed by atoms with E-state index in [0.717, 1.165) is 48.8 Å². The highest BCUT2D eigenvalue weighted by atomic mass is 16.7. The summed E-state index contributed by atoms with van der Waals surface area (Å²) in [5.74, 6) is 3.00. The van der Waals surface area contributed by atoms with Crippen LogP contribution < -0.4 is 30.1 Å². The average molecular weight is 622 g/mol. The zero-order valence-corrected chi connectivity index (χ0v) is 26.3. The van der Waals surface area contributed by atoms with Crippen molar-refractivity contribution in [2.75, 3.05) is 61.0 Å². The Morgan fingerprint density at radius 3 is 2.63 bits per heavy atom. The van der Waals surface area contributed by atoms with Crippen molar-refractivity contribution in [1.82, 2.24) is 14.9 Å². The zero-order chi connectivity index (χ0) is 32.0. The van der Waals surface area contributed by atoms with E-state index in [1.807, 2.05) is 71.8 Å². The molecule has 2 saturated heterocycles. The van der Waals surface area contributed by atoms with Crippen LogP contribution in [0, 0.1) is 0 Å². The van der Waals surface area contributed by atoms with Crippen molar-refractivity contribution >= 4 is 34.6 Å². The first-order chi connectivity index (χ1) is 22.4. The second-order valence-corrected chi connectivity index (χ2v) is 11.4. The van der Waals surface area contributed by atoms with Crippen LogP contribution in [0.2, 0.25) is 0 Å². The molecule has 0 aliphatic carbocycles. The van der Waals surface area contributed by atoms with Crippen LogP contribution in [-0.4, -0.2) is 67.2 Å². The summed E-state index contributed by atoms with van der Waals surface area (Å²) in [6, 6.07) is 23.7. The summed E-state index contributed by atoms with van der Waals surface area (Å²) in [5, 5.41) is 8.17. The minimum atomic E-state index is -0.292. The van der Waals surface area contributed by atoms with Crippen LogP contribution in [0.1, 0.15) is 24.9 Å². The van der Waals surface area contributed by atoms with Crippen LogP contribution in [0.5, 0.6) is 17.2 Å². The van der Waals surface area contributed by atoms with E-state index in [1.165, 1.54) is 12.4 Å². The maximum atomic E-state index is 12.5. The van der Waals surface area contributed by atoms with Crippen molar-refractivity contribution in [2.24, 2.45) is 0 Å². The van der Waals surface area contributed by atoms with E-state index < -0.39 is 0 Å². The van der Waals surface area contributed by atoms with Gasteiger partial charge in [0.1, 0.15) is 29.4 Å². The van der Waals surface area contributed by atoms with E-state index in [9.17, 15) is 4.79 Å². The lowest BCUT2D eigenvalue weighted by atomic mass is 10.0. The third-order valence-electron chi connectivity index (χ3n) is 8.33. The number of nitrogens with zero attached hydrogens (tertiary/aromatic N) is 5. The second-order valence-electron chi connectivity index (χ2n) is 11.4. The van der Waals surface area contributed by atoms with Gasteiger partial charge in [-0.25, -0.2) is 15.0 Å². The number of aromatic nitrogens is 2. The molecule has 0 radical (unpaired) electrons. The molecule has 0 saturated carbocycles. The number of amides is 1. The molecule has 2 aliphatic heterocycles. The van der Waals surface area contributed by atoms with E-state index in [2.05, 4.69) is 57.0 Å². The minimum Gasteiger partial charge on any atom is -0.494 e. The van der Waals surface area contributed by atoms with Crippen molar-refractivity contribution in [3.63, 3.8) is 0 Å². The lowest BCUT2D eigenvalue weighted by molar-refractivity contribution is -0.111. The number of para-hydroxylation sites is 1. The highest BCUT2D eigenvalue weighted by molar-refractivity contribution is 6.02. The highest BCUT2D eigenvalue weighted by Gasteiger charge is 2.30. The molecule has 0 bridgehead atoms. The van der Waals surface area contributed by atoms with Crippen molar-refractivity contribution in [1.29, 1.82) is 0 Å². The molecule has 2 atom stereocenters. The number of hydroxylamine groups is 1. The molecule has 1 aromatic heterocycles. The van der Waals surface area contributed by atoms with Gasteiger partial charge in [-0.1, -0.05) is 36.9 Å². The third-order valence-corrected chi connectivity index (χ3v) is 8.33. The molecule has 2 fully saturated rings. The summed E-state index contributed by atoms with van der Waals surface area (Å²) in [6.07, 6.45) is 3.55. The number of piperazine rings is 1. The molecule has 238 valence electrons. The number of carbonyl (C=O) groups is 1. The molecule has 11 nitrogen and oxygen atoms in total. The summed E-state index contributed by atoms with van der Waals surface area (Å²) >= 11 is 0. The zero-order valence-electron chi connectivity index (χ0n) is 26.3. The van der Waals surface area contributed by atoms with Crippen LogP contribution in [-0.2, 0) is 9.63 Å². The summed E-state index contributed by atoms with van der Waals surface area (Å²) in [6.45, 7) is 8.92. The van der Waals surface area contributed by atoms with Crippen LogP contribution in [0.15, 0.2) is 91.8 Å². The summed E-state index contributed by atoms with van der Waals surface area (Å²) in [5.41, 5.74) is 3.23. The molecule has 0 unspecified atom stereocenters. The molecule has 6 rings (SSSR count). The smallest absolute Gasteiger partial charge is 0.247 e. The quantitative estimate of drug-likeness (QED) is 0.200. The average Bonchev–Trinajstić information content (AvgIpc) is 3.57. The van der Waals surface area contributed by atoms with Crippen LogP contribution in [0.4, 0.5) is 28.7 Å². The Bertz CT molecular complexity index is 1690. The van der Waals surface area contributed by atoms with Gasteiger partial charge in [0.15, 0.2) is 5.82 Å². The van der Waals surface area contributed by atoms with Crippen LogP contribution in [0.3, 0.4) is 0 Å². The summed E-state index contributed by atoms with van der Waals surface area (Å²) in [7, 11) is 3.75. The highest BCUT2D eigenvalue weighted by Crippen LogP contribution is 2.40. The molecule has 0 spiro atoms. The minimum absolute atomic E-state index is 0.0670. The number of hydrogen-bond donors (Lipinski definition) is 2. The molecule has 11 heteroatoms. The van der Waals surface area contributed by atoms with Gasteiger partial charge in [-0.05, 0) is 55.9 Å². The Morgan fingerprint density at radius 2 is 1.85 bits per heavy atom.